The summed E-state index contributed by atoms with van der Waals surface area (Å²) in [6.45, 7) is 3.67. The fourth-order valence-corrected chi connectivity index (χ4v) is 7.57. The number of hydrogen-bond acceptors (Lipinski definition) is 12. The van der Waals surface area contributed by atoms with Crippen LogP contribution in [0.5, 0.6) is 11.5 Å². The van der Waals surface area contributed by atoms with Gasteiger partial charge < -0.3 is 29.2 Å². The monoisotopic (exact) mass is 816 g/mol. The van der Waals surface area contributed by atoms with E-state index in [1.807, 2.05) is 24.3 Å². The van der Waals surface area contributed by atoms with Crippen molar-refractivity contribution < 1.29 is 38.1 Å². The van der Waals surface area contributed by atoms with E-state index in [2.05, 4.69) is 55.6 Å². The minimum atomic E-state index is -1.02. The molecule has 16 heteroatoms. The van der Waals surface area contributed by atoms with Crippen LogP contribution in [0.25, 0.3) is 5.65 Å². The number of halogens is 1. The summed E-state index contributed by atoms with van der Waals surface area (Å²) in [5.74, 6) is -0.279. The number of ether oxygens (including phenoxy) is 4. The number of hydrogen-bond donors (Lipinski definition) is 2. The summed E-state index contributed by atoms with van der Waals surface area (Å²) < 4.78 is 24.9. The van der Waals surface area contributed by atoms with Gasteiger partial charge in [-0.25, -0.2) is 4.98 Å². The summed E-state index contributed by atoms with van der Waals surface area (Å²) in [6.07, 6.45) is 2.72. The molecule has 1 unspecified atom stereocenters. The Morgan fingerprint density at radius 2 is 1.56 bits per heavy atom. The molecule has 55 heavy (non-hydrogen) atoms. The zero-order chi connectivity index (χ0) is 38.5. The van der Waals surface area contributed by atoms with Crippen molar-refractivity contribution >= 4 is 51.0 Å². The number of pyridine rings is 1. The fraction of sp³-hybridized carbons (Fsp3) is 0.385. The fourth-order valence-electron chi connectivity index (χ4n) is 7.18. The van der Waals surface area contributed by atoms with Gasteiger partial charge in [0.05, 0.1) is 37.6 Å². The average molecular weight is 818 g/mol. The molecule has 3 aliphatic heterocycles. The topological polar surface area (TPSA) is 170 Å². The van der Waals surface area contributed by atoms with Gasteiger partial charge >= 0.3 is 0 Å². The zero-order valence-electron chi connectivity index (χ0n) is 30.2. The highest BCUT2D eigenvalue weighted by Gasteiger charge is 2.44. The van der Waals surface area contributed by atoms with Crippen LogP contribution in [-0.2, 0) is 19.1 Å². The number of fused-ring (bicyclic) bond motifs is 2. The van der Waals surface area contributed by atoms with Gasteiger partial charge in [0.15, 0.2) is 0 Å². The van der Waals surface area contributed by atoms with E-state index in [1.54, 1.807) is 18.3 Å². The summed E-state index contributed by atoms with van der Waals surface area (Å²) >= 11 is 3.46. The van der Waals surface area contributed by atoms with Crippen LogP contribution in [0.15, 0.2) is 76.1 Å². The second kappa shape index (κ2) is 17.1. The molecule has 0 spiro atoms. The zero-order valence-corrected chi connectivity index (χ0v) is 31.8. The molecule has 0 aliphatic carbocycles. The number of rotatable bonds is 15. The maximum absolute atomic E-state index is 13.0. The molecule has 2 saturated heterocycles. The number of anilines is 1. The number of likely N-dealkylation sites (N-methyl/N-ethyl adjacent to an activating group) is 1. The summed E-state index contributed by atoms with van der Waals surface area (Å²) in [6, 6.07) is 17.2. The second-order valence-electron chi connectivity index (χ2n) is 13.7. The van der Waals surface area contributed by atoms with Gasteiger partial charge in [0, 0.05) is 31.7 Å². The number of imide groups is 2. The number of nitrogens with one attached hydrogen (secondary N) is 2. The third-order valence-corrected chi connectivity index (χ3v) is 10.5. The summed E-state index contributed by atoms with van der Waals surface area (Å²) in [4.78, 5) is 70.4. The molecular formula is C39H41BrN6O9. The van der Waals surface area contributed by atoms with Crippen molar-refractivity contribution in [1.29, 1.82) is 0 Å². The first-order chi connectivity index (χ1) is 26.7. The third-order valence-electron chi connectivity index (χ3n) is 9.76. The van der Waals surface area contributed by atoms with E-state index in [9.17, 15) is 24.0 Å². The van der Waals surface area contributed by atoms with E-state index in [4.69, 9.17) is 18.9 Å². The predicted octanol–water partition coefficient (Wildman–Crippen LogP) is 3.25. The van der Waals surface area contributed by atoms with Gasteiger partial charge in [0.25, 0.3) is 17.4 Å². The van der Waals surface area contributed by atoms with E-state index in [0.717, 1.165) is 30.2 Å². The highest BCUT2D eigenvalue weighted by molar-refractivity contribution is 9.10. The molecule has 2 aromatic heterocycles. The molecule has 4 amide bonds. The van der Waals surface area contributed by atoms with Gasteiger partial charge in [-0.15, -0.1) is 0 Å². The molecule has 7 rings (SSSR count). The lowest BCUT2D eigenvalue weighted by Gasteiger charge is -2.36. The van der Waals surface area contributed by atoms with Crippen LogP contribution in [0.4, 0.5) is 5.82 Å². The maximum Gasteiger partial charge on any atom is 0.274 e. The van der Waals surface area contributed by atoms with Crippen LogP contribution in [0.3, 0.4) is 0 Å². The van der Waals surface area contributed by atoms with Gasteiger partial charge in [-0.05, 0) is 89.8 Å². The average Bonchev–Trinajstić information content (AvgIpc) is 3.42. The molecule has 3 aliphatic rings. The lowest BCUT2D eigenvalue weighted by atomic mass is 9.88. The third kappa shape index (κ3) is 8.72. The van der Waals surface area contributed by atoms with Crippen molar-refractivity contribution in [3.8, 4) is 11.5 Å². The summed E-state index contributed by atoms with van der Waals surface area (Å²) in [5.41, 5.74) is 1.95. The van der Waals surface area contributed by atoms with E-state index in [-0.39, 0.29) is 54.7 Å². The van der Waals surface area contributed by atoms with Crippen molar-refractivity contribution in [3.05, 3.63) is 98.4 Å². The Hall–Kier alpha value is -5.16. The molecule has 288 valence electrons. The van der Waals surface area contributed by atoms with E-state index in [0.29, 0.717) is 48.1 Å². The van der Waals surface area contributed by atoms with Crippen molar-refractivity contribution in [2.24, 2.45) is 0 Å². The Bertz CT molecular complexity index is 2160. The second-order valence-corrected chi connectivity index (χ2v) is 14.4. The van der Waals surface area contributed by atoms with E-state index >= 15 is 0 Å². The van der Waals surface area contributed by atoms with Crippen LogP contribution < -0.4 is 25.7 Å². The molecule has 2 fully saturated rings. The van der Waals surface area contributed by atoms with Gasteiger partial charge in [0.2, 0.25) is 11.8 Å². The number of carbonyl (C=O) groups excluding carboxylic acids is 4. The molecule has 4 aromatic rings. The Kier molecular flexibility index (Phi) is 11.9. The number of carbonyl (C=O) groups is 4. The molecule has 2 N–H and O–H groups in total. The Balaban J connectivity index is 0.800. The van der Waals surface area contributed by atoms with Crippen LogP contribution in [-0.4, -0.2) is 115 Å². The molecule has 0 saturated carbocycles. The summed E-state index contributed by atoms with van der Waals surface area (Å²) in [5, 5.41) is 5.70. The lowest BCUT2D eigenvalue weighted by molar-refractivity contribution is -0.136. The molecule has 5 heterocycles. The molecule has 0 radical (unpaired) electrons. The molecule has 0 bridgehead atoms. The van der Waals surface area contributed by atoms with Crippen molar-refractivity contribution in [2.75, 3.05) is 65.1 Å². The lowest BCUT2D eigenvalue weighted by Crippen LogP contribution is -2.54. The number of likely N-dealkylation sites (tertiary alicyclic amines) is 1. The first-order valence-corrected chi connectivity index (χ1v) is 18.9. The van der Waals surface area contributed by atoms with E-state index in [1.165, 1.54) is 22.1 Å². The Labute approximate surface area is 325 Å². The van der Waals surface area contributed by atoms with Gasteiger partial charge in [0.1, 0.15) is 46.7 Å². The number of aromatic nitrogens is 2. The minimum absolute atomic E-state index is 0.0583. The standard InChI is InChI=1S/C39H41BrN6O9/c1-44-22-25(19-26(23-44)41-35-34(40)39(51)45-12-3-2-7-32(45)42-35)24-5-4-6-27(20-24)54-17-15-52-13-14-53-16-18-55-28-8-9-29-30(21-28)38(50)46(37(29)49)31-10-11-33(47)43-36(31)48/h2-9,12,20-21,25-26,31,41H,10-11,13-19,22-23H2,1H3,(H,43,47,48)/t25-,26+,31?/m0/s1. The summed E-state index contributed by atoms with van der Waals surface area (Å²) in [7, 11) is 2.09. The quantitative estimate of drug-likeness (QED) is 0.133. The molecule has 2 aromatic carbocycles. The normalized spacial score (nSPS) is 20.1. The number of piperidine rings is 2. The van der Waals surface area contributed by atoms with Gasteiger partial charge in [-0.1, -0.05) is 18.2 Å². The minimum Gasteiger partial charge on any atom is -0.491 e. The van der Waals surface area contributed by atoms with Crippen LogP contribution in [0.1, 0.15) is 51.5 Å². The molecule has 3 atom stereocenters. The Morgan fingerprint density at radius 1 is 0.836 bits per heavy atom. The first kappa shape index (κ1) is 38.1. The van der Waals surface area contributed by atoms with Crippen LogP contribution >= 0.6 is 15.9 Å². The van der Waals surface area contributed by atoms with Gasteiger partial charge in [-0.2, -0.15) is 0 Å². The SMILES string of the molecule is CN1C[C@H](Nc2nc3ccccn3c(=O)c2Br)C[C@H](c2cccc(OCCOCCOCCOc3ccc4c(c3)C(=O)N(C3CCC(=O)NC3=O)C4=O)c2)C1. The molecular weight excluding hydrogens is 776 g/mol. The van der Waals surface area contributed by atoms with Crippen molar-refractivity contribution in [3.63, 3.8) is 0 Å². The number of benzene rings is 2. The van der Waals surface area contributed by atoms with Gasteiger partial charge in [-0.3, -0.25) is 38.6 Å². The molecule has 15 nitrogen and oxygen atoms in total. The maximum atomic E-state index is 13.0. The van der Waals surface area contributed by atoms with Crippen LogP contribution in [0, 0.1) is 0 Å². The smallest absolute Gasteiger partial charge is 0.274 e. The largest absolute Gasteiger partial charge is 0.491 e. The highest BCUT2D eigenvalue weighted by Crippen LogP contribution is 2.32. The van der Waals surface area contributed by atoms with Crippen molar-refractivity contribution in [1.82, 2.24) is 24.5 Å². The number of amides is 4. The highest BCUT2D eigenvalue weighted by atomic mass is 79.9. The first-order valence-electron chi connectivity index (χ1n) is 18.1. The van der Waals surface area contributed by atoms with Crippen LogP contribution in [0.2, 0.25) is 0 Å². The number of nitrogens with zero attached hydrogens (tertiary/aromatic N) is 4. The predicted molar refractivity (Wildman–Crippen MR) is 204 cm³/mol. The van der Waals surface area contributed by atoms with E-state index < -0.39 is 29.7 Å². The van der Waals surface area contributed by atoms with Crippen molar-refractivity contribution in [2.45, 2.75) is 37.3 Å². The Morgan fingerprint density at radius 3 is 2.33 bits per heavy atom.